The van der Waals surface area contributed by atoms with Gasteiger partial charge in [-0.1, -0.05) is 0 Å². The number of halogens is 1. The van der Waals surface area contributed by atoms with Crippen molar-refractivity contribution in [2.45, 2.75) is 20.4 Å². The first kappa shape index (κ1) is 18.0. The molecule has 4 N–H and O–H groups in total. The van der Waals surface area contributed by atoms with Crippen molar-refractivity contribution < 1.29 is 4.79 Å². The maximum absolute atomic E-state index is 12.0. The minimum Gasteiger partial charge on any atom is -0.370 e. The van der Waals surface area contributed by atoms with E-state index in [1.165, 1.54) is 11.3 Å². The zero-order chi connectivity index (χ0) is 16.6. The van der Waals surface area contributed by atoms with Gasteiger partial charge in [-0.25, -0.2) is 0 Å². The molecule has 0 aliphatic carbocycles. The number of fused-ring (bicyclic) bond motifs is 1. The summed E-state index contributed by atoms with van der Waals surface area (Å²) in [7, 11) is 0. The zero-order valence-electron chi connectivity index (χ0n) is 13.4. The molecule has 24 heavy (non-hydrogen) atoms. The molecule has 0 unspecified atom stereocenters. The molecular weight excluding hydrogens is 344 g/mol. The lowest BCUT2D eigenvalue weighted by atomic mass is 10.1. The number of aryl methyl sites for hydroxylation is 1. The van der Waals surface area contributed by atoms with Gasteiger partial charge in [0.1, 0.15) is 0 Å². The van der Waals surface area contributed by atoms with Gasteiger partial charge >= 0.3 is 0 Å². The standard InChI is InChI=1S/C17H18N4OS.ClH/c1-10-11(2)21(8-12-5-6-23-9-12)15-4-3-13(7-14(10)15)16(22)20-17(18)19;/h3-7,9H,8H2,1-2H3,(H4,18,19,20,22);1H. The Morgan fingerprint density at radius 1 is 1.25 bits per heavy atom. The fourth-order valence-corrected chi connectivity index (χ4v) is 3.39. The van der Waals surface area contributed by atoms with Crippen molar-refractivity contribution in [3.63, 3.8) is 0 Å². The summed E-state index contributed by atoms with van der Waals surface area (Å²) in [5.41, 5.74) is 15.8. The molecule has 126 valence electrons. The SMILES string of the molecule is Cc1c(C)n(Cc2ccsc2)c2ccc(C(=O)N=C(N)N)cc12.Cl. The number of rotatable bonds is 3. The van der Waals surface area contributed by atoms with Crippen LogP contribution in [0.25, 0.3) is 10.9 Å². The van der Waals surface area contributed by atoms with Gasteiger partial charge in [-0.3, -0.25) is 4.79 Å². The Kier molecular flexibility index (Phi) is 5.31. The molecule has 0 saturated carbocycles. The maximum Gasteiger partial charge on any atom is 0.280 e. The second-order valence-corrected chi connectivity index (χ2v) is 6.28. The fourth-order valence-electron chi connectivity index (χ4n) is 2.73. The van der Waals surface area contributed by atoms with Crippen molar-refractivity contribution >= 4 is 46.5 Å². The van der Waals surface area contributed by atoms with E-state index in [4.69, 9.17) is 11.5 Å². The van der Waals surface area contributed by atoms with Gasteiger partial charge in [0.2, 0.25) is 0 Å². The molecule has 0 fully saturated rings. The summed E-state index contributed by atoms with van der Waals surface area (Å²) in [6, 6.07) is 7.70. The predicted octanol–water partition coefficient (Wildman–Crippen LogP) is 3.20. The van der Waals surface area contributed by atoms with Crippen LogP contribution in [-0.2, 0) is 6.54 Å². The lowest BCUT2D eigenvalue weighted by molar-refractivity contribution is 0.100. The lowest BCUT2D eigenvalue weighted by Crippen LogP contribution is -2.24. The molecule has 7 heteroatoms. The first-order valence-electron chi connectivity index (χ1n) is 7.22. The topological polar surface area (TPSA) is 86.4 Å². The number of aliphatic imine (C=N–C) groups is 1. The summed E-state index contributed by atoms with van der Waals surface area (Å²) >= 11 is 1.69. The van der Waals surface area contributed by atoms with E-state index in [2.05, 4.69) is 40.2 Å². The number of benzene rings is 1. The van der Waals surface area contributed by atoms with E-state index >= 15 is 0 Å². The second kappa shape index (κ2) is 7.07. The quantitative estimate of drug-likeness (QED) is 0.554. The van der Waals surface area contributed by atoms with Gasteiger partial charge in [0, 0.05) is 28.7 Å². The summed E-state index contributed by atoms with van der Waals surface area (Å²) in [6.45, 7) is 4.98. The van der Waals surface area contributed by atoms with Crippen molar-refractivity contribution in [3.05, 3.63) is 57.4 Å². The number of hydrogen-bond donors (Lipinski definition) is 2. The first-order valence-corrected chi connectivity index (χ1v) is 8.16. The third-order valence-electron chi connectivity index (χ3n) is 4.04. The Balaban J connectivity index is 0.00000208. The third-order valence-corrected chi connectivity index (χ3v) is 4.77. The summed E-state index contributed by atoms with van der Waals surface area (Å²) in [5.74, 6) is -0.646. The van der Waals surface area contributed by atoms with Crippen molar-refractivity contribution in [1.29, 1.82) is 0 Å². The first-order chi connectivity index (χ1) is 11.0. The molecule has 2 aromatic heterocycles. The van der Waals surface area contributed by atoms with Gasteiger partial charge in [-0.05, 0) is 60.0 Å². The molecule has 0 aliphatic rings. The van der Waals surface area contributed by atoms with Crippen LogP contribution < -0.4 is 11.5 Å². The smallest absolute Gasteiger partial charge is 0.280 e. The van der Waals surface area contributed by atoms with Crippen LogP contribution in [0.3, 0.4) is 0 Å². The molecule has 0 aliphatic heterocycles. The Hall–Kier alpha value is -2.31. The molecule has 0 radical (unpaired) electrons. The normalized spacial score (nSPS) is 10.4. The van der Waals surface area contributed by atoms with E-state index in [1.54, 1.807) is 17.4 Å². The Bertz CT molecular complexity index is 908. The molecule has 1 amide bonds. The van der Waals surface area contributed by atoms with Crippen molar-refractivity contribution in [1.82, 2.24) is 4.57 Å². The number of nitrogens with two attached hydrogens (primary N) is 2. The molecule has 2 heterocycles. The van der Waals surface area contributed by atoms with Crippen LogP contribution in [0, 0.1) is 13.8 Å². The number of guanidine groups is 1. The maximum atomic E-state index is 12.0. The highest BCUT2D eigenvalue weighted by Crippen LogP contribution is 2.27. The molecule has 0 spiro atoms. The number of carbonyl (C=O) groups excluding carboxylic acids is 1. The predicted molar refractivity (Wildman–Crippen MR) is 102 cm³/mol. The van der Waals surface area contributed by atoms with Crippen LogP contribution in [0.4, 0.5) is 0 Å². The Morgan fingerprint density at radius 3 is 2.62 bits per heavy atom. The number of hydrogen-bond acceptors (Lipinski definition) is 2. The highest BCUT2D eigenvalue weighted by molar-refractivity contribution is 7.07. The van der Waals surface area contributed by atoms with Gasteiger partial charge in [-0.15, -0.1) is 12.4 Å². The van der Waals surface area contributed by atoms with Gasteiger partial charge in [0.25, 0.3) is 5.91 Å². The van der Waals surface area contributed by atoms with Crippen molar-refractivity contribution in [2.75, 3.05) is 0 Å². The van der Waals surface area contributed by atoms with E-state index in [1.807, 2.05) is 12.1 Å². The van der Waals surface area contributed by atoms with Crippen LogP contribution in [0.2, 0.25) is 0 Å². The van der Waals surface area contributed by atoms with E-state index in [0.29, 0.717) is 5.56 Å². The summed E-state index contributed by atoms with van der Waals surface area (Å²) in [4.78, 5) is 15.6. The number of amides is 1. The minimum absolute atomic E-state index is 0. The number of thiophene rings is 1. The monoisotopic (exact) mass is 362 g/mol. The molecule has 0 bridgehead atoms. The van der Waals surface area contributed by atoms with Gasteiger partial charge in [0.15, 0.2) is 5.96 Å². The van der Waals surface area contributed by atoms with Crippen LogP contribution in [0.15, 0.2) is 40.0 Å². The van der Waals surface area contributed by atoms with E-state index in [-0.39, 0.29) is 18.4 Å². The Labute approximate surface area is 150 Å². The van der Waals surface area contributed by atoms with E-state index < -0.39 is 5.91 Å². The van der Waals surface area contributed by atoms with Crippen LogP contribution >= 0.6 is 23.7 Å². The van der Waals surface area contributed by atoms with Crippen LogP contribution in [0.1, 0.15) is 27.2 Å². The molecule has 3 aromatic rings. The summed E-state index contributed by atoms with van der Waals surface area (Å²) in [5, 5.41) is 5.28. The van der Waals surface area contributed by atoms with E-state index in [9.17, 15) is 4.79 Å². The molecule has 0 atom stereocenters. The van der Waals surface area contributed by atoms with Crippen molar-refractivity contribution in [2.24, 2.45) is 16.5 Å². The average Bonchev–Trinajstić information content (AvgIpc) is 3.10. The average molecular weight is 363 g/mol. The van der Waals surface area contributed by atoms with Crippen molar-refractivity contribution in [3.8, 4) is 0 Å². The van der Waals surface area contributed by atoms with Gasteiger partial charge in [0.05, 0.1) is 0 Å². The van der Waals surface area contributed by atoms with Gasteiger partial charge in [-0.2, -0.15) is 16.3 Å². The largest absolute Gasteiger partial charge is 0.370 e. The number of carbonyl (C=O) groups is 1. The highest BCUT2D eigenvalue weighted by atomic mass is 35.5. The zero-order valence-corrected chi connectivity index (χ0v) is 15.1. The van der Waals surface area contributed by atoms with Crippen LogP contribution in [-0.4, -0.2) is 16.4 Å². The number of aromatic nitrogens is 1. The van der Waals surface area contributed by atoms with E-state index in [0.717, 1.165) is 23.0 Å². The molecule has 0 saturated heterocycles. The van der Waals surface area contributed by atoms with Gasteiger partial charge < -0.3 is 16.0 Å². The molecule has 5 nitrogen and oxygen atoms in total. The Morgan fingerprint density at radius 2 is 2.00 bits per heavy atom. The summed E-state index contributed by atoms with van der Waals surface area (Å²) < 4.78 is 2.27. The molecule has 3 rings (SSSR count). The molecular formula is C17H19ClN4OS. The lowest BCUT2D eigenvalue weighted by Gasteiger charge is -2.07. The summed E-state index contributed by atoms with van der Waals surface area (Å²) in [6.07, 6.45) is 0. The second-order valence-electron chi connectivity index (χ2n) is 5.50. The number of nitrogens with zero attached hydrogens (tertiary/aromatic N) is 2. The third kappa shape index (κ3) is 3.29. The highest BCUT2D eigenvalue weighted by Gasteiger charge is 2.14. The minimum atomic E-state index is -0.422. The molecule has 1 aromatic carbocycles. The van der Waals surface area contributed by atoms with Crippen LogP contribution in [0.5, 0.6) is 0 Å². The fraction of sp³-hybridized carbons (Fsp3) is 0.176.